The number of thiophene rings is 1. The third-order valence-electron chi connectivity index (χ3n) is 5.07. The predicted octanol–water partition coefficient (Wildman–Crippen LogP) is 4.02. The first-order chi connectivity index (χ1) is 11.0. The normalized spacial score (nSPS) is 30.6. The van der Waals surface area contributed by atoms with E-state index in [1.165, 1.54) is 10.4 Å². The highest BCUT2D eigenvalue weighted by molar-refractivity contribution is 7.16. The van der Waals surface area contributed by atoms with Crippen LogP contribution in [0.5, 0.6) is 0 Å². The van der Waals surface area contributed by atoms with Gasteiger partial charge in [0.2, 0.25) is 0 Å². The van der Waals surface area contributed by atoms with Gasteiger partial charge in [0.05, 0.1) is 22.7 Å². The molecule has 2 aromatic rings. The number of aromatic amines is 1. The van der Waals surface area contributed by atoms with Crippen molar-refractivity contribution >= 4 is 22.9 Å². The highest BCUT2D eigenvalue weighted by Crippen LogP contribution is 2.49. The summed E-state index contributed by atoms with van der Waals surface area (Å²) in [5, 5.41) is 3.68. The predicted molar refractivity (Wildman–Crippen MR) is 93.3 cm³/mol. The van der Waals surface area contributed by atoms with Crippen LogP contribution in [0.1, 0.15) is 53.5 Å². The number of piperidine rings is 1. The maximum Gasteiger partial charge on any atom is 0.123 e. The summed E-state index contributed by atoms with van der Waals surface area (Å²) in [5.41, 5.74) is 3.35. The summed E-state index contributed by atoms with van der Waals surface area (Å²) in [4.78, 5) is 9.47. The van der Waals surface area contributed by atoms with E-state index in [2.05, 4.69) is 30.2 Å². The van der Waals surface area contributed by atoms with Crippen molar-refractivity contribution in [3.05, 3.63) is 38.1 Å². The molecule has 0 bridgehead atoms. The molecule has 0 unspecified atom stereocenters. The number of fused-ring (bicyclic) bond motifs is 2. The van der Waals surface area contributed by atoms with Crippen LogP contribution >= 0.6 is 22.9 Å². The van der Waals surface area contributed by atoms with Gasteiger partial charge in [-0.25, -0.2) is 4.98 Å². The van der Waals surface area contributed by atoms with Crippen LogP contribution < -0.4 is 5.32 Å². The quantitative estimate of drug-likeness (QED) is 0.815. The van der Waals surface area contributed by atoms with Crippen molar-refractivity contribution < 1.29 is 4.74 Å². The summed E-state index contributed by atoms with van der Waals surface area (Å²) < 4.78 is 7.24. The molecule has 4 heterocycles. The van der Waals surface area contributed by atoms with Crippen molar-refractivity contribution in [1.29, 1.82) is 0 Å². The molecule has 3 atom stereocenters. The fourth-order valence-electron chi connectivity index (χ4n) is 3.98. The van der Waals surface area contributed by atoms with Crippen molar-refractivity contribution in [3.63, 3.8) is 0 Å². The smallest absolute Gasteiger partial charge is 0.123 e. The highest BCUT2D eigenvalue weighted by atomic mass is 35.5. The van der Waals surface area contributed by atoms with Gasteiger partial charge in [-0.05, 0) is 45.2 Å². The van der Waals surface area contributed by atoms with Gasteiger partial charge in [-0.15, -0.1) is 11.3 Å². The Morgan fingerprint density at radius 1 is 1.39 bits per heavy atom. The van der Waals surface area contributed by atoms with Crippen molar-refractivity contribution in [2.75, 3.05) is 6.61 Å². The number of nitrogens with zero attached hydrogens (tertiary/aromatic N) is 1. The number of nitrogens with one attached hydrogen (secondary N) is 2. The lowest BCUT2D eigenvalue weighted by atomic mass is 9.79. The average Bonchev–Trinajstić information content (AvgIpc) is 3.02. The fraction of sp³-hybridized carbons (Fsp3) is 0.588. The van der Waals surface area contributed by atoms with Crippen LogP contribution in [0.25, 0.3) is 0 Å². The molecule has 2 aliphatic rings. The molecule has 4 rings (SSSR count). The van der Waals surface area contributed by atoms with E-state index >= 15 is 0 Å². The molecular formula is C17H22ClN3OS. The van der Waals surface area contributed by atoms with Crippen molar-refractivity contribution in [3.8, 4) is 0 Å². The number of H-pyrrole nitrogens is 1. The molecule has 2 aliphatic heterocycles. The van der Waals surface area contributed by atoms with Crippen LogP contribution in [0, 0.1) is 13.8 Å². The van der Waals surface area contributed by atoms with E-state index < -0.39 is 0 Å². The van der Waals surface area contributed by atoms with E-state index in [1.807, 2.05) is 6.92 Å². The second-order valence-corrected chi connectivity index (χ2v) is 8.54. The Balaban J connectivity index is 1.72. The first-order valence-corrected chi connectivity index (χ1v) is 9.38. The molecule has 4 nitrogen and oxygen atoms in total. The van der Waals surface area contributed by atoms with Crippen LogP contribution in [-0.4, -0.2) is 22.6 Å². The van der Waals surface area contributed by atoms with Crippen LogP contribution in [0.2, 0.25) is 4.34 Å². The van der Waals surface area contributed by atoms with Crippen LogP contribution in [-0.2, 0) is 16.8 Å². The summed E-state index contributed by atoms with van der Waals surface area (Å²) in [6.45, 7) is 7.12. The highest BCUT2D eigenvalue weighted by Gasteiger charge is 2.46. The van der Waals surface area contributed by atoms with Crippen LogP contribution in [0.4, 0.5) is 0 Å². The number of ether oxygens (including phenoxy) is 1. The Hall–Kier alpha value is -0.880. The third-order valence-corrected chi connectivity index (χ3v) is 6.57. The Morgan fingerprint density at radius 3 is 2.96 bits per heavy atom. The molecule has 0 amide bonds. The largest absolute Gasteiger partial charge is 0.369 e. The Labute approximate surface area is 145 Å². The van der Waals surface area contributed by atoms with Gasteiger partial charge in [0.1, 0.15) is 11.4 Å². The van der Waals surface area contributed by atoms with Gasteiger partial charge >= 0.3 is 0 Å². The van der Waals surface area contributed by atoms with E-state index in [0.717, 1.165) is 47.4 Å². The van der Waals surface area contributed by atoms with Crippen LogP contribution in [0.15, 0.2) is 6.07 Å². The van der Waals surface area contributed by atoms with Crippen molar-refractivity contribution in [2.45, 2.75) is 57.7 Å². The molecule has 0 aliphatic carbocycles. The lowest BCUT2D eigenvalue weighted by molar-refractivity contribution is -0.0961. The number of hydrogen-bond donors (Lipinski definition) is 2. The van der Waals surface area contributed by atoms with Crippen molar-refractivity contribution in [1.82, 2.24) is 15.3 Å². The number of aryl methyl sites for hydroxylation is 2. The summed E-state index contributed by atoms with van der Waals surface area (Å²) in [6.07, 6.45) is 2.84. The topological polar surface area (TPSA) is 49.9 Å². The molecule has 0 radical (unpaired) electrons. The van der Waals surface area contributed by atoms with Gasteiger partial charge in [-0.2, -0.15) is 0 Å². The second kappa shape index (κ2) is 5.59. The average molecular weight is 352 g/mol. The molecule has 124 valence electrons. The van der Waals surface area contributed by atoms with Gasteiger partial charge < -0.3 is 15.0 Å². The number of halogens is 1. The molecule has 1 spiro atoms. The summed E-state index contributed by atoms with van der Waals surface area (Å²) >= 11 is 7.98. The first kappa shape index (κ1) is 15.6. The maximum atomic E-state index is 6.38. The van der Waals surface area contributed by atoms with Gasteiger partial charge in [-0.3, -0.25) is 0 Å². The Bertz CT molecular complexity index is 721. The lowest BCUT2D eigenvalue weighted by Crippen LogP contribution is -2.49. The number of rotatable bonds is 1. The monoisotopic (exact) mass is 351 g/mol. The molecular weight excluding hydrogens is 330 g/mol. The summed E-state index contributed by atoms with van der Waals surface area (Å²) in [6, 6.07) is 2.67. The number of imidazole rings is 1. The molecule has 2 N–H and O–H groups in total. The molecule has 2 aromatic heterocycles. The summed E-state index contributed by atoms with van der Waals surface area (Å²) in [5.74, 6) is 1.02. The van der Waals surface area contributed by atoms with Gasteiger partial charge in [0.25, 0.3) is 0 Å². The SMILES string of the molecule is Cc1nc([C@@H]2C[C@]3(C[C@H](C)N2)OCCc2cc(Cl)sc23)[nH]c1C. The third kappa shape index (κ3) is 2.64. The van der Waals surface area contributed by atoms with Crippen molar-refractivity contribution in [2.24, 2.45) is 0 Å². The molecule has 0 aromatic carbocycles. The molecule has 1 saturated heterocycles. The number of aromatic nitrogens is 2. The zero-order valence-corrected chi connectivity index (χ0v) is 15.3. The standard InChI is InChI=1S/C17H22ClN3OS/c1-9-7-17(15-12(4-5-22-17)6-14(18)23-15)8-13(19-9)16-20-10(2)11(3)21-16/h6,9,13,19H,4-5,7-8H2,1-3H3,(H,20,21)/t9-,13-,17-/m0/s1. The summed E-state index contributed by atoms with van der Waals surface area (Å²) in [7, 11) is 0. The molecule has 23 heavy (non-hydrogen) atoms. The maximum absolute atomic E-state index is 6.38. The van der Waals surface area contributed by atoms with Gasteiger partial charge in [0.15, 0.2) is 0 Å². The molecule has 1 fully saturated rings. The lowest BCUT2D eigenvalue weighted by Gasteiger charge is -2.45. The molecule has 0 saturated carbocycles. The fourth-order valence-corrected chi connectivity index (χ4v) is 5.44. The minimum atomic E-state index is -0.227. The van der Waals surface area contributed by atoms with E-state index in [-0.39, 0.29) is 11.6 Å². The van der Waals surface area contributed by atoms with Gasteiger partial charge in [0, 0.05) is 23.0 Å². The Morgan fingerprint density at radius 2 is 2.22 bits per heavy atom. The zero-order valence-electron chi connectivity index (χ0n) is 13.7. The molecule has 6 heteroatoms. The first-order valence-electron chi connectivity index (χ1n) is 8.19. The zero-order chi connectivity index (χ0) is 16.2. The van der Waals surface area contributed by atoms with E-state index in [4.69, 9.17) is 21.3 Å². The Kier molecular flexibility index (Phi) is 3.80. The second-order valence-electron chi connectivity index (χ2n) is 6.86. The minimum Gasteiger partial charge on any atom is -0.369 e. The van der Waals surface area contributed by atoms with E-state index in [0.29, 0.717) is 6.04 Å². The number of hydrogen-bond acceptors (Lipinski definition) is 4. The minimum absolute atomic E-state index is 0.179. The van der Waals surface area contributed by atoms with Gasteiger partial charge in [-0.1, -0.05) is 11.6 Å². The van der Waals surface area contributed by atoms with E-state index in [9.17, 15) is 0 Å². The van der Waals surface area contributed by atoms with Crippen LogP contribution in [0.3, 0.4) is 0 Å². The van der Waals surface area contributed by atoms with E-state index in [1.54, 1.807) is 11.3 Å².